The molecule has 5 nitrogen and oxygen atoms in total. The molecule has 122 valence electrons. The first-order chi connectivity index (χ1) is 10.2. The van der Waals surface area contributed by atoms with Crippen molar-refractivity contribution in [1.82, 2.24) is 10.3 Å². The van der Waals surface area contributed by atoms with Crippen LogP contribution in [0.15, 0.2) is 16.7 Å². The van der Waals surface area contributed by atoms with Crippen molar-refractivity contribution in [1.29, 1.82) is 0 Å². The highest BCUT2D eigenvalue weighted by Crippen LogP contribution is 2.29. The quantitative estimate of drug-likeness (QED) is 0.817. The van der Waals surface area contributed by atoms with Crippen molar-refractivity contribution in [3.63, 3.8) is 0 Å². The van der Waals surface area contributed by atoms with E-state index in [-0.39, 0.29) is 18.2 Å². The Labute approximate surface area is 139 Å². The van der Waals surface area contributed by atoms with Crippen LogP contribution in [0.5, 0.6) is 5.75 Å². The average molecular weight is 371 g/mol. The SMILES string of the molecule is Cc1ccc(O[C@H]2CC[C@H](NC(=O)OC(C)(C)C)C2)c(Br)n1. The van der Waals surface area contributed by atoms with Gasteiger partial charge in [0.25, 0.3) is 0 Å². The lowest BCUT2D eigenvalue weighted by molar-refractivity contribution is 0.0503. The standard InChI is InChI=1S/C16H23BrN2O3/c1-10-5-8-13(14(17)18-10)21-12-7-6-11(9-12)19-15(20)22-16(2,3)4/h5,8,11-12H,6-7,9H2,1-4H3,(H,19,20)/t11-,12-/m0/s1. The number of amides is 1. The van der Waals surface area contributed by atoms with Crippen molar-refractivity contribution in [2.45, 2.75) is 64.7 Å². The van der Waals surface area contributed by atoms with Crippen molar-refractivity contribution in [2.24, 2.45) is 0 Å². The maximum atomic E-state index is 11.8. The van der Waals surface area contributed by atoms with Crippen molar-refractivity contribution in [2.75, 3.05) is 0 Å². The van der Waals surface area contributed by atoms with Gasteiger partial charge in [-0.15, -0.1) is 0 Å². The summed E-state index contributed by atoms with van der Waals surface area (Å²) in [5, 5.41) is 2.91. The van der Waals surface area contributed by atoms with Crippen LogP contribution in [0.3, 0.4) is 0 Å². The van der Waals surface area contributed by atoms with Gasteiger partial charge < -0.3 is 14.8 Å². The minimum Gasteiger partial charge on any atom is -0.488 e. The number of nitrogens with one attached hydrogen (secondary N) is 1. The number of rotatable bonds is 3. The summed E-state index contributed by atoms with van der Waals surface area (Å²) in [5.74, 6) is 0.744. The largest absolute Gasteiger partial charge is 0.488 e. The second-order valence-corrected chi connectivity index (χ2v) is 7.39. The van der Waals surface area contributed by atoms with Crippen molar-refractivity contribution in [3.05, 3.63) is 22.4 Å². The Morgan fingerprint density at radius 2 is 2.09 bits per heavy atom. The van der Waals surface area contributed by atoms with Gasteiger partial charge in [0.05, 0.1) is 0 Å². The third-order valence-corrected chi connectivity index (χ3v) is 3.92. The summed E-state index contributed by atoms with van der Waals surface area (Å²) >= 11 is 3.42. The minimum atomic E-state index is -0.475. The van der Waals surface area contributed by atoms with Gasteiger partial charge in [-0.25, -0.2) is 9.78 Å². The summed E-state index contributed by atoms with van der Waals surface area (Å²) in [6, 6.07) is 3.93. The molecular formula is C16H23BrN2O3. The van der Waals surface area contributed by atoms with Gasteiger partial charge in [0.15, 0.2) is 5.75 Å². The fraction of sp³-hybridized carbons (Fsp3) is 0.625. The minimum absolute atomic E-state index is 0.0840. The maximum absolute atomic E-state index is 11.8. The third kappa shape index (κ3) is 5.16. The summed E-state index contributed by atoms with van der Waals surface area (Å²) in [6.45, 7) is 7.50. The number of halogens is 1. The Balaban J connectivity index is 1.84. The molecule has 0 unspecified atom stereocenters. The van der Waals surface area contributed by atoms with E-state index in [0.29, 0.717) is 0 Å². The number of aromatic nitrogens is 1. The molecule has 1 heterocycles. The third-order valence-electron chi connectivity index (χ3n) is 3.35. The van der Waals surface area contributed by atoms with E-state index in [2.05, 4.69) is 26.2 Å². The molecule has 1 aliphatic rings. The molecule has 0 aliphatic heterocycles. The lowest BCUT2D eigenvalue weighted by Gasteiger charge is -2.21. The highest BCUT2D eigenvalue weighted by Gasteiger charge is 2.29. The van der Waals surface area contributed by atoms with Gasteiger partial charge in [-0.3, -0.25) is 0 Å². The summed E-state index contributed by atoms with van der Waals surface area (Å²) in [7, 11) is 0. The van der Waals surface area contributed by atoms with Crippen LogP contribution < -0.4 is 10.1 Å². The fourth-order valence-corrected chi connectivity index (χ4v) is 2.94. The predicted octanol–water partition coefficient (Wildman–Crippen LogP) is 3.98. The normalized spacial score (nSPS) is 21.5. The Kier molecular flexibility index (Phi) is 5.32. The molecule has 1 saturated carbocycles. The topological polar surface area (TPSA) is 60.5 Å². The number of nitrogens with zero attached hydrogens (tertiary/aromatic N) is 1. The van der Waals surface area contributed by atoms with E-state index >= 15 is 0 Å². The highest BCUT2D eigenvalue weighted by molar-refractivity contribution is 9.10. The van der Waals surface area contributed by atoms with Crippen LogP contribution >= 0.6 is 15.9 Å². The number of carbonyl (C=O) groups excluding carboxylic acids is 1. The summed E-state index contributed by atoms with van der Waals surface area (Å²) in [4.78, 5) is 16.1. The van der Waals surface area contributed by atoms with E-state index in [1.165, 1.54) is 0 Å². The Morgan fingerprint density at radius 1 is 1.36 bits per heavy atom. The van der Waals surface area contributed by atoms with E-state index in [1.807, 2.05) is 39.8 Å². The monoisotopic (exact) mass is 370 g/mol. The zero-order valence-corrected chi connectivity index (χ0v) is 15.1. The summed E-state index contributed by atoms with van der Waals surface area (Å²) in [6.07, 6.45) is 2.29. The van der Waals surface area contributed by atoms with Gasteiger partial charge in [0.1, 0.15) is 16.3 Å². The Bertz CT molecular complexity index is 543. The van der Waals surface area contributed by atoms with Gasteiger partial charge in [0, 0.05) is 18.2 Å². The van der Waals surface area contributed by atoms with Gasteiger partial charge in [0.2, 0.25) is 0 Å². The molecule has 1 amide bonds. The molecule has 1 N–H and O–H groups in total. The summed E-state index contributed by atoms with van der Waals surface area (Å²) < 4.78 is 12.0. The van der Waals surface area contributed by atoms with E-state index < -0.39 is 5.60 Å². The molecule has 2 atom stereocenters. The first-order valence-electron chi connectivity index (χ1n) is 7.52. The first kappa shape index (κ1) is 17.1. The predicted molar refractivity (Wildman–Crippen MR) is 88.1 cm³/mol. The van der Waals surface area contributed by atoms with Crippen LogP contribution in [0.1, 0.15) is 45.7 Å². The van der Waals surface area contributed by atoms with E-state index in [9.17, 15) is 4.79 Å². The van der Waals surface area contributed by atoms with E-state index in [0.717, 1.165) is 35.3 Å². The van der Waals surface area contributed by atoms with Gasteiger partial charge in [-0.2, -0.15) is 0 Å². The molecule has 0 radical (unpaired) electrons. The van der Waals surface area contributed by atoms with Gasteiger partial charge in [-0.05, 0) is 68.6 Å². The van der Waals surface area contributed by atoms with Crippen molar-refractivity contribution in [3.8, 4) is 5.75 Å². The molecule has 1 fully saturated rings. The maximum Gasteiger partial charge on any atom is 0.407 e. The zero-order chi connectivity index (χ0) is 16.3. The Morgan fingerprint density at radius 3 is 2.73 bits per heavy atom. The first-order valence-corrected chi connectivity index (χ1v) is 8.31. The van der Waals surface area contributed by atoms with Crippen molar-refractivity contribution < 1.29 is 14.3 Å². The van der Waals surface area contributed by atoms with Crippen LogP contribution in [-0.2, 0) is 4.74 Å². The lowest BCUT2D eigenvalue weighted by Crippen LogP contribution is -2.38. The van der Waals surface area contributed by atoms with Crippen LogP contribution in [-0.4, -0.2) is 28.8 Å². The average Bonchev–Trinajstić information content (AvgIpc) is 2.77. The van der Waals surface area contributed by atoms with Crippen LogP contribution in [0.2, 0.25) is 0 Å². The number of hydrogen-bond acceptors (Lipinski definition) is 4. The molecule has 6 heteroatoms. The van der Waals surface area contributed by atoms with Gasteiger partial charge >= 0.3 is 6.09 Å². The number of pyridine rings is 1. The summed E-state index contributed by atoms with van der Waals surface area (Å²) in [5.41, 5.74) is 0.465. The van der Waals surface area contributed by atoms with Crippen LogP contribution in [0, 0.1) is 6.92 Å². The van der Waals surface area contributed by atoms with Crippen LogP contribution in [0.4, 0.5) is 4.79 Å². The molecule has 0 spiro atoms. The number of carbonyl (C=O) groups is 1. The number of ether oxygens (including phenoxy) is 2. The highest BCUT2D eigenvalue weighted by atomic mass is 79.9. The smallest absolute Gasteiger partial charge is 0.407 e. The lowest BCUT2D eigenvalue weighted by atomic mass is 10.2. The molecule has 0 saturated heterocycles. The number of alkyl carbamates (subject to hydrolysis) is 1. The van der Waals surface area contributed by atoms with Gasteiger partial charge in [-0.1, -0.05) is 0 Å². The zero-order valence-electron chi connectivity index (χ0n) is 13.5. The molecule has 1 aliphatic carbocycles. The number of aryl methyl sites for hydroxylation is 1. The number of hydrogen-bond donors (Lipinski definition) is 1. The molecule has 22 heavy (non-hydrogen) atoms. The molecule has 1 aromatic rings. The fourth-order valence-electron chi connectivity index (χ4n) is 2.43. The van der Waals surface area contributed by atoms with E-state index in [1.54, 1.807) is 0 Å². The second-order valence-electron chi connectivity index (χ2n) is 6.64. The second kappa shape index (κ2) is 6.86. The molecule has 1 aromatic heterocycles. The molecule has 2 rings (SSSR count). The molecular weight excluding hydrogens is 348 g/mol. The molecule has 0 aromatic carbocycles. The van der Waals surface area contributed by atoms with Crippen LogP contribution in [0.25, 0.3) is 0 Å². The van der Waals surface area contributed by atoms with Crippen molar-refractivity contribution >= 4 is 22.0 Å². The Hall–Kier alpha value is -1.30. The van der Waals surface area contributed by atoms with E-state index in [4.69, 9.17) is 9.47 Å². The molecule has 0 bridgehead atoms.